The summed E-state index contributed by atoms with van der Waals surface area (Å²) in [5.41, 5.74) is 12.8. The fourth-order valence-corrected chi connectivity index (χ4v) is 12.0. The molecule has 4 nitrogen and oxygen atoms in total. The zero-order valence-electron chi connectivity index (χ0n) is 33.6. The minimum atomic E-state index is -0.948. The van der Waals surface area contributed by atoms with Gasteiger partial charge in [-0.05, 0) is 75.2 Å². The zero-order chi connectivity index (χ0) is 42.3. The van der Waals surface area contributed by atoms with E-state index >= 15 is 17.6 Å². The molecule has 15 rings (SSSR count). The van der Waals surface area contributed by atoms with E-state index in [1.807, 2.05) is 128 Å². The first-order valence-electron chi connectivity index (χ1n) is 21.4. The van der Waals surface area contributed by atoms with Crippen LogP contribution < -0.4 is 42.6 Å². The van der Waals surface area contributed by atoms with E-state index in [0.29, 0.717) is 22.3 Å². The second-order valence-electron chi connectivity index (χ2n) is 17.3. The lowest BCUT2D eigenvalue weighted by Gasteiger charge is -2.44. The molecule has 298 valence electrons. The summed E-state index contributed by atoms with van der Waals surface area (Å²) >= 11 is 0. The van der Waals surface area contributed by atoms with Crippen molar-refractivity contribution in [2.45, 2.75) is 0 Å². The summed E-state index contributed by atoms with van der Waals surface area (Å²) < 4.78 is 71.2. The molecule has 0 saturated carbocycles. The summed E-state index contributed by atoms with van der Waals surface area (Å²) in [6, 6.07) is 54.8. The van der Waals surface area contributed by atoms with E-state index in [2.05, 4.69) is 48.5 Å². The van der Waals surface area contributed by atoms with Crippen LogP contribution in [0.4, 0.5) is 51.7 Å². The number of fused-ring (bicyclic) bond motifs is 14. The van der Waals surface area contributed by atoms with Crippen LogP contribution >= 0.6 is 0 Å². The molecule has 11 aromatic rings. The lowest BCUT2D eigenvalue weighted by atomic mass is 9.30. The maximum Gasteiger partial charge on any atom is 0.252 e. The summed E-state index contributed by atoms with van der Waals surface area (Å²) in [5, 5.41) is 3.80. The minimum absolute atomic E-state index is 0.192. The fraction of sp³-hybridized carbons (Fsp3) is 0. The van der Waals surface area contributed by atoms with Crippen LogP contribution in [-0.2, 0) is 0 Å². The molecule has 0 atom stereocenters. The number of anilines is 6. The lowest BCUT2D eigenvalue weighted by Crippen LogP contribution is -2.65. The molecule has 4 aliphatic heterocycles. The maximum atomic E-state index is 17.1. The van der Waals surface area contributed by atoms with Gasteiger partial charge in [-0.2, -0.15) is 0 Å². The van der Waals surface area contributed by atoms with Crippen LogP contribution in [0.1, 0.15) is 0 Å². The van der Waals surface area contributed by atoms with Gasteiger partial charge in [0, 0.05) is 78.8 Å². The van der Waals surface area contributed by atoms with Crippen molar-refractivity contribution in [1.82, 2.24) is 9.13 Å². The summed E-state index contributed by atoms with van der Waals surface area (Å²) in [5.74, 6) is -3.71. The summed E-state index contributed by atoms with van der Waals surface area (Å²) in [7, 11) is 0. The molecule has 0 radical (unpaired) electrons. The standard InChI is InChI=1S/C54H28B2F4N4/c57-39-26-45-47-53(49(39)59)63-41-23-9-7-17-31(41)33-19-11-21-35(51(33)63)55(47)37-25-38-44(28-43(37)61(45)29-13-3-1-4-14-29)62(30-15-5-2-6-16-30)46-27-40(58)50(60)54-48(46)56(38)36-22-12-20-34-32-18-8-10-24-42(32)64(54)52(34)36/h1-28H. The Kier molecular flexibility index (Phi) is 6.45. The molecule has 0 spiro atoms. The molecule has 0 unspecified atom stereocenters. The first kappa shape index (κ1) is 34.6. The van der Waals surface area contributed by atoms with Gasteiger partial charge < -0.3 is 18.9 Å². The molecule has 0 fully saturated rings. The van der Waals surface area contributed by atoms with Crippen molar-refractivity contribution in [3.8, 4) is 11.4 Å². The van der Waals surface area contributed by atoms with Crippen molar-refractivity contribution in [3.63, 3.8) is 0 Å². The van der Waals surface area contributed by atoms with Gasteiger partial charge in [-0.25, -0.2) is 17.6 Å². The van der Waals surface area contributed by atoms with Crippen LogP contribution in [0.3, 0.4) is 0 Å². The van der Waals surface area contributed by atoms with Crippen molar-refractivity contribution in [2.24, 2.45) is 0 Å². The van der Waals surface area contributed by atoms with Crippen molar-refractivity contribution in [1.29, 1.82) is 0 Å². The van der Waals surface area contributed by atoms with Crippen LogP contribution in [0, 0.1) is 23.3 Å². The number of aromatic nitrogens is 2. The van der Waals surface area contributed by atoms with Gasteiger partial charge in [0.05, 0.1) is 22.4 Å². The molecule has 0 bridgehead atoms. The van der Waals surface area contributed by atoms with Gasteiger partial charge in [0.1, 0.15) is 0 Å². The smallest absolute Gasteiger partial charge is 0.252 e. The molecule has 10 heteroatoms. The van der Waals surface area contributed by atoms with E-state index in [9.17, 15) is 0 Å². The highest BCUT2D eigenvalue weighted by atomic mass is 19.2. The molecule has 0 aliphatic carbocycles. The Balaban J connectivity index is 1.13. The zero-order valence-corrected chi connectivity index (χ0v) is 33.6. The highest BCUT2D eigenvalue weighted by molar-refractivity contribution is 7.03. The quantitative estimate of drug-likeness (QED) is 0.128. The Morgan fingerprint density at radius 1 is 0.344 bits per heavy atom. The topological polar surface area (TPSA) is 16.3 Å². The number of benzene rings is 9. The number of para-hydroxylation sites is 6. The maximum absolute atomic E-state index is 17.1. The molecule has 0 N–H and O–H groups in total. The van der Waals surface area contributed by atoms with Gasteiger partial charge in [0.2, 0.25) is 0 Å². The van der Waals surface area contributed by atoms with Gasteiger partial charge in [0.15, 0.2) is 23.3 Å². The Hall–Kier alpha value is -7.97. The van der Waals surface area contributed by atoms with E-state index in [1.165, 1.54) is 12.1 Å². The van der Waals surface area contributed by atoms with Crippen molar-refractivity contribution < 1.29 is 17.6 Å². The van der Waals surface area contributed by atoms with E-state index in [1.54, 1.807) is 0 Å². The average Bonchev–Trinajstić information content (AvgIpc) is 3.85. The number of halogens is 4. The van der Waals surface area contributed by atoms with Gasteiger partial charge in [0.25, 0.3) is 13.4 Å². The molecule has 64 heavy (non-hydrogen) atoms. The first-order valence-corrected chi connectivity index (χ1v) is 21.4. The number of nitrogens with zero attached hydrogens (tertiary/aromatic N) is 4. The predicted octanol–water partition coefficient (Wildman–Crippen LogP) is 9.66. The van der Waals surface area contributed by atoms with Crippen molar-refractivity contribution >= 4 is 124 Å². The number of hydrogen-bond acceptors (Lipinski definition) is 2. The fourth-order valence-electron chi connectivity index (χ4n) is 12.0. The van der Waals surface area contributed by atoms with E-state index in [-0.39, 0.29) is 11.4 Å². The summed E-state index contributed by atoms with van der Waals surface area (Å²) in [6.45, 7) is -1.05. The van der Waals surface area contributed by atoms with Crippen molar-refractivity contribution in [2.75, 3.05) is 9.80 Å². The SMILES string of the molecule is Fc1cc2c3c(c1F)-n1c4ccccc4c4cccc(c41)B3c1cc3c(cc1N2c1ccccc1)N(c1ccccc1)c1cc(F)c(F)c2c1B3c1cccc3c4ccccc4n-2c13. The van der Waals surface area contributed by atoms with Gasteiger partial charge >= 0.3 is 0 Å². The molecule has 4 aliphatic rings. The van der Waals surface area contributed by atoms with Crippen LogP contribution in [0.2, 0.25) is 0 Å². The second-order valence-corrected chi connectivity index (χ2v) is 17.3. The largest absolute Gasteiger partial charge is 0.311 e. The van der Waals surface area contributed by atoms with E-state index in [0.717, 1.165) is 88.2 Å². The lowest BCUT2D eigenvalue weighted by molar-refractivity contribution is 0.506. The Morgan fingerprint density at radius 3 is 1.20 bits per heavy atom. The highest BCUT2D eigenvalue weighted by Crippen LogP contribution is 2.47. The van der Waals surface area contributed by atoms with Gasteiger partial charge in [-0.1, -0.05) is 115 Å². The third kappa shape index (κ3) is 4.04. The first-order chi connectivity index (χ1) is 31.5. The van der Waals surface area contributed by atoms with Crippen LogP contribution in [-0.4, -0.2) is 22.6 Å². The monoisotopic (exact) mass is 830 g/mol. The molecule has 6 heterocycles. The molecular weight excluding hydrogens is 802 g/mol. The average molecular weight is 830 g/mol. The van der Waals surface area contributed by atoms with Crippen molar-refractivity contribution in [3.05, 3.63) is 193 Å². The summed E-state index contributed by atoms with van der Waals surface area (Å²) in [6.07, 6.45) is 0. The normalized spacial score (nSPS) is 13.8. The Labute approximate surface area is 363 Å². The second kappa shape index (κ2) is 11.9. The molecule has 0 saturated heterocycles. The Bertz CT molecular complexity index is 3690. The van der Waals surface area contributed by atoms with E-state index < -0.39 is 36.7 Å². The van der Waals surface area contributed by atoms with Gasteiger partial charge in [-0.15, -0.1) is 0 Å². The number of hydrogen-bond donors (Lipinski definition) is 0. The van der Waals surface area contributed by atoms with Gasteiger partial charge in [-0.3, -0.25) is 0 Å². The molecular formula is C54H28B2F4N4. The highest BCUT2D eigenvalue weighted by Gasteiger charge is 2.49. The molecule has 2 aromatic heterocycles. The third-order valence-electron chi connectivity index (χ3n) is 14.3. The third-order valence-corrected chi connectivity index (χ3v) is 14.3. The number of rotatable bonds is 2. The Morgan fingerprint density at radius 2 is 0.750 bits per heavy atom. The molecule has 0 amide bonds. The van der Waals surface area contributed by atoms with Crippen LogP contribution in [0.15, 0.2) is 170 Å². The van der Waals surface area contributed by atoms with Crippen LogP contribution in [0.25, 0.3) is 55.0 Å². The molecule has 9 aromatic carbocycles. The predicted molar refractivity (Wildman–Crippen MR) is 254 cm³/mol. The summed E-state index contributed by atoms with van der Waals surface area (Å²) in [4.78, 5) is 4.08. The van der Waals surface area contributed by atoms with Crippen LogP contribution in [0.5, 0.6) is 0 Å². The van der Waals surface area contributed by atoms with E-state index in [4.69, 9.17) is 0 Å². The minimum Gasteiger partial charge on any atom is -0.311 e.